The highest BCUT2D eigenvalue weighted by Crippen LogP contribution is 2.36. The zero-order valence-corrected chi connectivity index (χ0v) is 17.1. The minimum Gasteiger partial charge on any atom is -0.493 e. The van der Waals surface area contributed by atoms with Gasteiger partial charge in [0.1, 0.15) is 19.0 Å². The summed E-state index contributed by atoms with van der Waals surface area (Å²) in [5.41, 5.74) is 2.84. The summed E-state index contributed by atoms with van der Waals surface area (Å²) in [6, 6.07) is 9.48. The minimum absolute atomic E-state index is 0.0151. The number of ether oxygens (including phenoxy) is 3. The van der Waals surface area contributed by atoms with Crippen LogP contribution in [0.25, 0.3) is 0 Å². The van der Waals surface area contributed by atoms with Crippen LogP contribution >= 0.6 is 11.6 Å². The quantitative estimate of drug-likeness (QED) is 0.304. The topological polar surface area (TPSA) is 60.3 Å². The molecular weight excluding hydrogens is 366 g/mol. The molecule has 1 N–H and O–H groups in total. The maximum Gasteiger partial charge on any atom is 0.179 e. The molecule has 6 heteroatoms. The number of aryl methyl sites for hydroxylation is 1. The minimum atomic E-state index is -0.0151. The number of hydrogen-bond donors (Lipinski definition) is 1. The highest BCUT2D eigenvalue weighted by molar-refractivity contribution is 6.32. The van der Waals surface area contributed by atoms with Crippen LogP contribution in [0, 0.1) is 6.92 Å². The molecule has 2 aromatic rings. The third-order valence-corrected chi connectivity index (χ3v) is 4.34. The SMILES string of the molecule is COc1cc(C=NO)cc(Cl)c1OCCOc1c(C)cccc1C(C)(C)C. The highest BCUT2D eigenvalue weighted by atomic mass is 35.5. The van der Waals surface area contributed by atoms with Crippen molar-refractivity contribution in [2.24, 2.45) is 5.16 Å². The molecule has 0 aliphatic carbocycles. The Morgan fingerprint density at radius 2 is 1.78 bits per heavy atom. The third kappa shape index (κ3) is 5.30. The molecule has 0 fully saturated rings. The van der Waals surface area contributed by atoms with Gasteiger partial charge in [-0.3, -0.25) is 0 Å². The smallest absolute Gasteiger partial charge is 0.179 e. The Balaban J connectivity index is 2.09. The monoisotopic (exact) mass is 391 g/mol. The van der Waals surface area contributed by atoms with Gasteiger partial charge in [0, 0.05) is 5.56 Å². The van der Waals surface area contributed by atoms with Gasteiger partial charge in [-0.05, 0) is 35.6 Å². The molecule has 0 heterocycles. The molecule has 0 bridgehead atoms. The number of benzene rings is 2. The molecule has 0 saturated carbocycles. The van der Waals surface area contributed by atoms with E-state index in [2.05, 4.69) is 32.0 Å². The lowest BCUT2D eigenvalue weighted by Gasteiger charge is -2.24. The van der Waals surface area contributed by atoms with Crippen molar-refractivity contribution in [2.75, 3.05) is 20.3 Å². The van der Waals surface area contributed by atoms with Gasteiger partial charge in [0.25, 0.3) is 0 Å². The number of rotatable bonds is 7. The van der Waals surface area contributed by atoms with Crippen LogP contribution in [0.5, 0.6) is 17.2 Å². The first-order chi connectivity index (χ1) is 12.8. The molecule has 146 valence electrons. The van der Waals surface area contributed by atoms with E-state index < -0.39 is 0 Å². The number of oxime groups is 1. The maximum absolute atomic E-state index is 8.66. The van der Waals surface area contributed by atoms with E-state index in [0.29, 0.717) is 35.3 Å². The van der Waals surface area contributed by atoms with E-state index in [0.717, 1.165) is 16.9 Å². The van der Waals surface area contributed by atoms with Crippen molar-refractivity contribution in [3.05, 3.63) is 52.0 Å². The van der Waals surface area contributed by atoms with Gasteiger partial charge in [-0.1, -0.05) is 55.7 Å². The summed E-state index contributed by atoms with van der Waals surface area (Å²) < 4.78 is 17.1. The van der Waals surface area contributed by atoms with Gasteiger partial charge in [0.2, 0.25) is 0 Å². The summed E-state index contributed by atoms with van der Waals surface area (Å²) in [6.45, 7) is 9.19. The molecule has 5 nitrogen and oxygen atoms in total. The van der Waals surface area contributed by atoms with Gasteiger partial charge < -0.3 is 19.4 Å². The number of halogens is 1. The maximum atomic E-state index is 8.66. The lowest BCUT2D eigenvalue weighted by molar-refractivity contribution is 0.208. The van der Waals surface area contributed by atoms with Crippen LogP contribution in [0.15, 0.2) is 35.5 Å². The normalized spacial score (nSPS) is 11.6. The highest BCUT2D eigenvalue weighted by Gasteiger charge is 2.20. The third-order valence-electron chi connectivity index (χ3n) is 4.05. The average molecular weight is 392 g/mol. The Labute approximate surface area is 165 Å². The lowest BCUT2D eigenvalue weighted by atomic mass is 9.85. The average Bonchev–Trinajstić information content (AvgIpc) is 2.60. The van der Waals surface area contributed by atoms with E-state index >= 15 is 0 Å². The molecule has 0 amide bonds. The van der Waals surface area contributed by atoms with Crippen molar-refractivity contribution in [1.29, 1.82) is 0 Å². The van der Waals surface area contributed by atoms with Crippen LogP contribution in [-0.4, -0.2) is 31.7 Å². The zero-order chi connectivity index (χ0) is 20.0. The van der Waals surface area contributed by atoms with Crippen molar-refractivity contribution in [2.45, 2.75) is 33.1 Å². The van der Waals surface area contributed by atoms with E-state index in [-0.39, 0.29) is 5.41 Å². The van der Waals surface area contributed by atoms with Crippen LogP contribution in [0.4, 0.5) is 0 Å². The summed E-state index contributed by atoms with van der Waals surface area (Å²) in [5, 5.41) is 12.0. The van der Waals surface area contributed by atoms with Gasteiger partial charge in [0.05, 0.1) is 18.3 Å². The fourth-order valence-corrected chi connectivity index (χ4v) is 3.02. The predicted octanol–water partition coefficient (Wildman–Crippen LogP) is 5.22. The van der Waals surface area contributed by atoms with Crippen molar-refractivity contribution >= 4 is 17.8 Å². The first-order valence-corrected chi connectivity index (χ1v) is 9.06. The molecule has 0 spiro atoms. The van der Waals surface area contributed by atoms with E-state index in [1.165, 1.54) is 13.3 Å². The van der Waals surface area contributed by atoms with Crippen molar-refractivity contribution in [3.8, 4) is 17.2 Å². The number of nitrogens with zero attached hydrogens (tertiary/aromatic N) is 1. The summed E-state index contributed by atoms with van der Waals surface area (Å²) in [5.74, 6) is 1.78. The Morgan fingerprint density at radius 1 is 1.11 bits per heavy atom. The van der Waals surface area contributed by atoms with Crippen molar-refractivity contribution < 1.29 is 19.4 Å². The molecule has 0 unspecified atom stereocenters. The molecule has 0 aromatic heterocycles. The molecule has 0 atom stereocenters. The molecule has 0 aliphatic heterocycles. The molecule has 0 radical (unpaired) electrons. The second-order valence-electron chi connectivity index (χ2n) is 7.18. The summed E-state index contributed by atoms with van der Waals surface area (Å²) in [6.07, 6.45) is 1.27. The second kappa shape index (κ2) is 9.00. The van der Waals surface area contributed by atoms with Crippen LogP contribution in [0.3, 0.4) is 0 Å². The molecular formula is C21H26ClNO4. The van der Waals surface area contributed by atoms with Gasteiger partial charge >= 0.3 is 0 Å². The van der Waals surface area contributed by atoms with Gasteiger partial charge in [-0.15, -0.1) is 0 Å². The van der Waals surface area contributed by atoms with Crippen LogP contribution in [0.1, 0.15) is 37.5 Å². The molecule has 2 rings (SSSR count). The van der Waals surface area contributed by atoms with Gasteiger partial charge in [0.15, 0.2) is 11.5 Å². The Bertz CT molecular complexity index is 813. The standard InChI is InChI=1S/C21H26ClNO4/c1-14-7-6-8-16(21(2,3)4)19(14)26-9-10-27-20-17(22)11-15(13-23-24)12-18(20)25-5/h6-8,11-13,24H,9-10H2,1-5H3. The van der Waals surface area contributed by atoms with E-state index in [4.69, 9.17) is 31.0 Å². The van der Waals surface area contributed by atoms with E-state index in [9.17, 15) is 0 Å². The van der Waals surface area contributed by atoms with Crippen molar-refractivity contribution in [1.82, 2.24) is 0 Å². The summed E-state index contributed by atoms with van der Waals surface area (Å²) in [4.78, 5) is 0. The predicted molar refractivity (Wildman–Crippen MR) is 108 cm³/mol. The second-order valence-corrected chi connectivity index (χ2v) is 7.58. The lowest BCUT2D eigenvalue weighted by Crippen LogP contribution is -2.17. The first kappa shape index (κ1) is 20.9. The molecule has 27 heavy (non-hydrogen) atoms. The van der Waals surface area contributed by atoms with Crippen molar-refractivity contribution in [3.63, 3.8) is 0 Å². The fraction of sp³-hybridized carbons (Fsp3) is 0.381. The Hall–Kier alpha value is -2.40. The number of para-hydroxylation sites is 1. The van der Waals surface area contributed by atoms with E-state index in [1.807, 2.05) is 19.1 Å². The largest absolute Gasteiger partial charge is 0.493 e. The molecule has 0 aliphatic rings. The molecule has 0 saturated heterocycles. The number of methoxy groups -OCH3 is 1. The zero-order valence-electron chi connectivity index (χ0n) is 16.4. The van der Waals surface area contributed by atoms with Crippen LogP contribution in [-0.2, 0) is 5.41 Å². The Morgan fingerprint density at radius 3 is 2.37 bits per heavy atom. The summed E-state index contributed by atoms with van der Waals surface area (Å²) in [7, 11) is 1.53. The van der Waals surface area contributed by atoms with Gasteiger partial charge in [-0.25, -0.2) is 0 Å². The number of hydrogen-bond acceptors (Lipinski definition) is 5. The fourth-order valence-electron chi connectivity index (χ4n) is 2.74. The van der Waals surface area contributed by atoms with Crippen LogP contribution < -0.4 is 14.2 Å². The van der Waals surface area contributed by atoms with E-state index in [1.54, 1.807) is 12.1 Å². The van der Waals surface area contributed by atoms with Gasteiger partial charge in [-0.2, -0.15) is 0 Å². The first-order valence-electron chi connectivity index (χ1n) is 8.68. The Kier molecular flexibility index (Phi) is 6.97. The molecule has 2 aromatic carbocycles. The summed E-state index contributed by atoms with van der Waals surface area (Å²) >= 11 is 6.27. The van der Waals surface area contributed by atoms with Crippen LogP contribution in [0.2, 0.25) is 5.02 Å².